The topological polar surface area (TPSA) is 20.2 Å². The van der Waals surface area contributed by atoms with Crippen molar-refractivity contribution in [3.63, 3.8) is 0 Å². The van der Waals surface area contributed by atoms with Crippen molar-refractivity contribution in [1.29, 1.82) is 0 Å². The molecular formula is C15H22O. The summed E-state index contributed by atoms with van der Waals surface area (Å²) in [4.78, 5) is 0. The summed E-state index contributed by atoms with van der Waals surface area (Å²) >= 11 is 0. The fraction of sp³-hybridized carbons (Fsp3) is 0.600. The number of phenols is 1. The second-order valence-corrected chi connectivity index (χ2v) is 5.14. The second kappa shape index (κ2) is 4.90. The first-order valence-electron chi connectivity index (χ1n) is 6.56. The molecule has 1 heteroatoms. The molecule has 88 valence electrons. The Bertz CT molecular complexity index is 314. The fourth-order valence-electron chi connectivity index (χ4n) is 3.21. The number of hydrogen-bond donors (Lipinski definition) is 1. The Balaban J connectivity index is 2.26. The number of phenolic OH excluding ortho intramolecular Hbond substituents is 1. The van der Waals surface area contributed by atoms with Crippen molar-refractivity contribution in [2.45, 2.75) is 57.3 Å². The van der Waals surface area contributed by atoms with Crippen LogP contribution in [-0.4, -0.2) is 5.11 Å². The third kappa shape index (κ3) is 2.23. The monoisotopic (exact) mass is 218 g/mol. The van der Waals surface area contributed by atoms with Crippen molar-refractivity contribution in [2.75, 3.05) is 0 Å². The second-order valence-electron chi connectivity index (χ2n) is 5.14. The van der Waals surface area contributed by atoms with Gasteiger partial charge in [-0.05, 0) is 42.4 Å². The zero-order valence-corrected chi connectivity index (χ0v) is 10.2. The van der Waals surface area contributed by atoms with Gasteiger partial charge in [-0.3, -0.25) is 0 Å². The summed E-state index contributed by atoms with van der Waals surface area (Å²) in [6, 6.07) is 7.91. The Morgan fingerprint density at radius 2 is 1.69 bits per heavy atom. The van der Waals surface area contributed by atoms with Gasteiger partial charge in [-0.25, -0.2) is 0 Å². The molecule has 2 rings (SSSR count). The van der Waals surface area contributed by atoms with E-state index in [0.717, 1.165) is 0 Å². The molecular weight excluding hydrogens is 196 g/mol. The average Bonchev–Trinajstić information content (AvgIpc) is 2.31. The van der Waals surface area contributed by atoms with Gasteiger partial charge in [0.2, 0.25) is 0 Å². The van der Waals surface area contributed by atoms with Gasteiger partial charge in [0.25, 0.3) is 0 Å². The Kier molecular flexibility index (Phi) is 3.52. The summed E-state index contributed by atoms with van der Waals surface area (Å²) in [5.74, 6) is 0.381. The molecule has 0 atom stereocenters. The minimum atomic E-state index is 0.381. The van der Waals surface area contributed by atoms with Crippen LogP contribution in [0.4, 0.5) is 0 Å². The summed E-state index contributed by atoms with van der Waals surface area (Å²) in [6.07, 6.45) is 9.31. The Hall–Kier alpha value is -0.980. The average molecular weight is 218 g/mol. The molecule has 0 bridgehead atoms. The van der Waals surface area contributed by atoms with E-state index in [0.29, 0.717) is 11.2 Å². The standard InChI is InChI=1S/C15H22O/c1-2-10-15(11-4-3-5-12-15)13-6-8-14(16)9-7-13/h6-9,16H,2-5,10-12H2,1H3. The van der Waals surface area contributed by atoms with Crippen LogP contribution in [0.5, 0.6) is 5.75 Å². The molecule has 0 aliphatic heterocycles. The molecule has 0 unspecified atom stereocenters. The van der Waals surface area contributed by atoms with E-state index in [9.17, 15) is 5.11 Å². The summed E-state index contributed by atoms with van der Waals surface area (Å²) in [5, 5.41) is 9.37. The van der Waals surface area contributed by atoms with Crippen LogP contribution in [0.15, 0.2) is 24.3 Å². The number of aromatic hydroxyl groups is 1. The lowest BCUT2D eigenvalue weighted by molar-refractivity contribution is 0.271. The number of rotatable bonds is 3. The summed E-state index contributed by atoms with van der Waals surface area (Å²) < 4.78 is 0. The largest absolute Gasteiger partial charge is 0.508 e. The molecule has 1 saturated carbocycles. The lowest BCUT2D eigenvalue weighted by atomic mass is 9.67. The summed E-state index contributed by atoms with van der Waals surface area (Å²) in [7, 11) is 0. The van der Waals surface area contributed by atoms with Crippen LogP contribution in [0, 0.1) is 0 Å². The van der Waals surface area contributed by atoms with Crippen LogP contribution in [-0.2, 0) is 5.41 Å². The van der Waals surface area contributed by atoms with E-state index >= 15 is 0 Å². The highest BCUT2D eigenvalue weighted by Crippen LogP contribution is 2.43. The van der Waals surface area contributed by atoms with Gasteiger partial charge in [-0.2, -0.15) is 0 Å². The zero-order chi connectivity index (χ0) is 11.4. The molecule has 1 fully saturated rings. The SMILES string of the molecule is CCCC1(c2ccc(O)cc2)CCCCC1. The molecule has 1 aliphatic rings. The van der Waals surface area contributed by atoms with E-state index in [-0.39, 0.29) is 0 Å². The smallest absolute Gasteiger partial charge is 0.115 e. The van der Waals surface area contributed by atoms with Gasteiger partial charge in [0, 0.05) is 0 Å². The Morgan fingerprint density at radius 1 is 1.06 bits per heavy atom. The van der Waals surface area contributed by atoms with Crippen LogP contribution in [0.2, 0.25) is 0 Å². The van der Waals surface area contributed by atoms with Gasteiger partial charge < -0.3 is 5.11 Å². The molecule has 16 heavy (non-hydrogen) atoms. The first-order valence-corrected chi connectivity index (χ1v) is 6.56. The molecule has 1 N–H and O–H groups in total. The van der Waals surface area contributed by atoms with Crippen molar-refractivity contribution in [3.05, 3.63) is 29.8 Å². The van der Waals surface area contributed by atoms with Crippen molar-refractivity contribution in [2.24, 2.45) is 0 Å². The van der Waals surface area contributed by atoms with Crippen LogP contribution in [0.3, 0.4) is 0 Å². The van der Waals surface area contributed by atoms with Gasteiger partial charge in [0.05, 0.1) is 0 Å². The van der Waals surface area contributed by atoms with Crippen molar-refractivity contribution in [1.82, 2.24) is 0 Å². The molecule has 1 aromatic carbocycles. The minimum absolute atomic E-state index is 0.381. The van der Waals surface area contributed by atoms with Gasteiger partial charge in [0.1, 0.15) is 5.75 Å². The predicted molar refractivity (Wildman–Crippen MR) is 67.8 cm³/mol. The maximum atomic E-state index is 9.37. The fourth-order valence-corrected chi connectivity index (χ4v) is 3.21. The molecule has 0 spiro atoms. The van der Waals surface area contributed by atoms with E-state index in [1.165, 1.54) is 50.5 Å². The normalized spacial score (nSPS) is 19.6. The van der Waals surface area contributed by atoms with E-state index in [1.807, 2.05) is 12.1 Å². The minimum Gasteiger partial charge on any atom is -0.508 e. The lowest BCUT2D eigenvalue weighted by Gasteiger charge is -2.38. The van der Waals surface area contributed by atoms with Crippen LogP contribution < -0.4 is 0 Å². The molecule has 0 radical (unpaired) electrons. The van der Waals surface area contributed by atoms with E-state index < -0.39 is 0 Å². The van der Waals surface area contributed by atoms with Crippen LogP contribution >= 0.6 is 0 Å². The zero-order valence-electron chi connectivity index (χ0n) is 10.2. The molecule has 0 aromatic heterocycles. The molecule has 0 heterocycles. The Labute approximate surface area is 98.5 Å². The van der Waals surface area contributed by atoms with Gasteiger partial charge >= 0.3 is 0 Å². The predicted octanol–water partition coefficient (Wildman–Crippen LogP) is 4.39. The van der Waals surface area contributed by atoms with Crippen molar-refractivity contribution in [3.8, 4) is 5.75 Å². The highest BCUT2D eigenvalue weighted by molar-refractivity contribution is 5.32. The van der Waals surface area contributed by atoms with Gasteiger partial charge in [-0.1, -0.05) is 44.7 Å². The molecule has 1 aromatic rings. The molecule has 0 amide bonds. The third-order valence-corrected chi connectivity index (χ3v) is 4.02. The van der Waals surface area contributed by atoms with E-state index in [4.69, 9.17) is 0 Å². The summed E-state index contributed by atoms with van der Waals surface area (Å²) in [5.41, 5.74) is 1.84. The first-order chi connectivity index (χ1) is 7.77. The quantitative estimate of drug-likeness (QED) is 0.797. The van der Waals surface area contributed by atoms with Gasteiger partial charge in [0.15, 0.2) is 0 Å². The van der Waals surface area contributed by atoms with E-state index in [2.05, 4.69) is 19.1 Å². The number of benzene rings is 1. The van der Waals surface area contributed by atoms with Crippen LogP contribution in [0.25, 0.3) is 0 Å². The van der Waals surface area contributed by atoms with Crippen molar-refractivity contribution >= 4 is 0 Å². The maximum Gasteiger partial charge on any atom is 0.115 e. The Morgan fingerprint density at radius 3 is 2.25 bits per heavy atom. The van der Waals surface area contributed by atoms with Crippen molar-refractivity contribution < 1.29 is 5.11 Å². The highest BCUT2D eigenvalue weighted by Gasteiger charge is 2.32. The first kappa shape index (κ1) is 11.5. The van der Waals surface area contributed by atoms with Crippen LogP contribution in [0.1, 0.15) is 57.4 Å². The highest BCUT2D eigenvalue weighted by atomic mass is 16.3. The molecule has 0 saturated heterocycles. The number of hydrogen-bond acceptors (Lipinski definition) is 1. The lowest BCUT2D eigenvalue weighted by Crippen LogP contribution is -2.28. The molecule has 1 aliphatic carbocycles. The third-order valence-electron chi connectivity index (χ3n) is 4.02. The summed E-state index contributed by atoms with van der Waals surface area (Å²) in [6.45, 7) is 2.27. The molecule has 1 nitrogen and oxygen atoms in total. The van der Waals surface area contributed by atoms with Gasteiger partial charge in [-0.15, -0.1) is 0 Å². The van der Waals surface area contributed by atoms with E-state index in [1.54, 1.807) is 0 Å². The maximum absolute atomic E-state index is 9.37.